The van der Waals surface area contributed by atoms with Gasteiger partial charge in [0.15, 0.2) is 0 Å². The Kier molecular flexibility index (Phi) is 17.0. The lowest BCUT2D eigenvalue weighted by molar-refractivity contribution is -0.137. The van der Waals surface area contributed by atoms with E-state index >= 15 is 0 Å². The Bertz CT molecular complexity index is 2150. The van der Waals surface area contributed by atoms with Gasteiger partial charge in [0.1, 0.15) is 24.7 Å². The molecule has 10 nitrogen and oxygen atoms in total. The number of carboxylic acids is 2. The molecule has 0 saturated heterocycles. The van der Waals surface area contributed by atoms with Crippen molar-refractivity contribution in [1.82, 2.24) is 0 Å². The average Bonchev–Trinajstić information content (AvgIpc) is 3.21. The van der Waals surface area contributed by atoms with Gasteiger partial charge >= 0.3 is 11.9 Å². The minimum absolute atomic E-state index is 0.163. The van der Waals surface area contributed by atoms with Crippen molar-refractivity contribution < 1.29 is 48.2 Å². The van der Waals surface area contributed by atoms with E-state index in [9.17, 15) is 19.8 Å². The normalized spacial score (nSPS) is 16.4. The summed E-state index contributed by atoms with van der Waals surface area (Å²) < 4.78 is 37.5. The summed E-state index contributed by atoms with van der Waals surface area (Å²) >= 11 is 0. The topological polar surface area (TPSA) is 130 Å². The van der Waals surface area contributed by atoms with Crippen LogP contribution in [0.4, 0.5) is 0 Å². The van der Waals surface area contributed by atoms with Crippen molar-refractivity contribution in [3.05, 3.63) is 126 Å². The van der Waals surface area contributed by atoms with Crippen LogP contribution in [0.3, 0.4) is 0 Å². The molecule has 0 saturated carbocycles. The van der Waals surface area contributed by atoms with Crippen molar-refractivity contribution in [2.24, 2.45) is 0 Å². The van der Waals surface area contributed by atoms with Gasteiger partial charge in [-0.3, -0.25) is 9.59 Å². The first-order valence-electron chi connectivity index (χ1n) is 24.5. The number of aliphatic carboxylic acids is 2. The highest BCUT2D eigenvalue weighted by atomic mass is 16.6. The highest BCUT2D eigenvalue weighted by molar-refractivity contribution is 5.73. The second-order valence-electron chi connectivity index (χ2n) is 22.8. The first-order valence-corrected chi connectivity index (χ1v) is 24.5. The summed E-state index contributed by atoms with van der Waals surface area (Å²) in [6.45, 7) is 30.0. The molecule has 1 aliphatic carbocycles. The first kappa shape index (κ1) is 52.6. The van der Waals surface area contributed by atoms with E-state index in [1.54, 1.807) is 0 Å². The third-order valence-corrected chi connectivity index (χ3v) is 13.1. The molecular weight excluding hydrogens is 857 g/mol. The molecular formula is C58H78O10. The summed E-state index contributed by atoms with van der Waals surface area (Å²) in [6, 6.07) is 17.7. The van der Waals surface area contributed by atoms with Gasteiger partial charge in [-0.2, -0.15) is 0 Å². The molecule has 0 radical (unpaired) electrons. The maximum absolute atomic E-state index is 13.1. The molecule has 1 aliphatic heterocycles. The molecule has 4 aromatic rings. The predicted octanol–water partition coefficient (Wildman–Crippen LogP) is 10.6. The molecule has 0 aromatic heterocycles. The van der Waals surface area contributed by atoms with Gasteiger partial charge in [-0.25, -0.2) is 0 Å². The van der Waals surface area contributed by atoms with Crippen molar-refractivity contribution in [1.29, 1.82) is 0 Å². The lowest BCUT2D eigenvalue weighted by atomic mass is 9.77. The van der Waals surface area contributed by atoms with Gasteiger partial charge in [-0.05, 0) is 99.5 Å². The number of rotatable bonds is 4. The SMILES string of the molecule is CC(C)(C)c1cc2c(CC(=O)O)c(c1)Cc1cc(C(C)(C)C)cc3c1OCCOCCOCCOCCOCCOc1c(cc(C(C)(C)C)cc1Cc1cc(C(C)(C)C)cc(c1CC(=O)O)C3)C2. The third-order valence-electron chi connectivity index (χ3n) is 13.1. The van der Waals surface area contributed by atoms with Crippen LogP contribution < -0.4 is 9.47 Å². The molecule has 0 atom stereocenters. The second kappa shape index (κ2) is 21.9. The quantitative estimate of drug-likeness (QED) is 0.180. The van der Waals surface area contributed by atoms with Crippen LogP contribution in [0.1, 0.15) is 161 Å². The van der Waals surface area contributed by atoms with Crippen molar-refractivity contribution in [3.63, 3.8) is 0 Å². The van der Waals surface area contributed by atoms with Crippen LogP contribution in [0.5, 0.6) is 11.5 Å². The average molecular weight is 935 g/mol. The standard InChI is InChI=1S/C58H78O10/c1-55(2,3)45-27-37-23-41-31-47(57(7,8)9)33-43-25-39-29-46(56(4,5)6)30-40(50(39)36-52(61)62)26-44-34-48(58(10,11)12)32-42(24-38(28-45)49(37)35-51(59)60)54(44)68-22-20-66-18-16-64-14-13-63-15-17-65-19-21-67-53(41)43/h27-34H,13-26,35-36H2,1-12H3,(H,59,60)(H,61,62). The Morgan fingerprint density at radius 1 is 0.368 bits per heavy atom. The molecule has 10 heteroatoms. The van der Waals surface area contributed by atoms with Crippen LogP contribution in [0.2, 0.25) is 0 Å². The predicted molar refractivity (Wildman–Crippen MR) is 269 cm³/mol. The number of ether oxygens (including phenoxy) is 6. The highest BCUT2D eigenvalue weighted by Gasteiger charge is 2.29. The molecule has 2 N–H and O–H groups in total. The number of carboxylic acid groups (broad SMARTS) is 2. The molecule has 370 valence electrons. The van der Waals surface area contributed by atoms with E-state index in [0.717, 1.165) is 77.9 Å². The third kappa shape index (κ3) is 14.0. The van der Waals surface area contributed by atoms with Crippen LogP contribution in [0, 0.1) is 0 Å². The largest absolute Gasteiger partial charge is 0.491 e. The van der Waals surface area contributed by atoms with Crippen LogP contribution in [0.15, 0.2) is 48.5 Å². The van der Waals surface area contributed by atoms with Crippen LogP contribution in [0.25, 0.3) is 0 Å². The number of benzene rings is 4. The summed E-state index contributed by atoms with van der Waals surface area (Å²) in [5, 5.41) is 21.4. The van der Waals surface area contributed by atoms with E-state index in [0.29, 0.717) is 90.0 Å². The molecule has 10 bridgehead atoms. The fraction of sp³-hybridized carbons (Fsp3) is 0.552. The number of hydrogen-bond donors (Lipinski definition) is 2. The van der Waals surface area contributed by atoms with E-state index in [1.165, 1.54) is 0 Å². The Hall–Kier alpha value is -4.74. The molecule has 68 heavy (non-hydrogen) atoms. The second-order valence-corrected chi connectivity index (χ2v) is 22.8. The molecule has 0 spiro atoms. The van der Waals surface area contributed by atoms with Gasteiger partial charge in [0, 0.05) is 25.7 Å². The monoisotopic (exact) mass is 935 g/mol. The zero-order valence-electron chi connectivity index (χ0n) is 43.1. The zero-order valence-corrected chi connectivity index (χ0v) is 43.1. The first-order chi connectivity index (χ1) is 31.9. The van der Waals surface area contributed by atoms with E-state index in [-0.39, 0.29) is 47.7 Å². The maximum atomic E-state index is 13.1. The van der Waals surface area contributed by atoms with Gasteiger partial charge in [-0.15, -0.1) is 0 Å². The summed E-state index contributed by atoms with van der Waals surface area (Å²) in [6.07, 6.45) is 1.31. The van der Waals surface area contributed by atoms with Crippen molar-refractivity contribution in [2.75, 3.05) is 66.1 Å². The Morgan fingerprint density at radius 2 is 0.574 bits per heavy atom. The fourth-order valence-corrected chi connectivity index (χ4v) is 9.11. The highest BCUT2D eigenvalue weighted by Crippen LogP contribution is 2.42. The summed E-state index contributed by atoms with van der Waals surface area (Å²) in [5.74, 6) is -0.397. The van der Waals surface area contributed by atoms with Crippen LogP contribution in [-0.4, -0.2) is 88.2 Å². The summed E-state index contributed by atoms with van der Waals surface area (Å²) in [7, 11) is 0. The summed E-state index contributed by atoms with van der Waals surface area (Å²) in [4.78, 5) is 26.2. The lowest BCUT2D eigenvalue weighted by Gasteiger charge is -2.29. The van der Waals surface area contributed by atoms with Gasteiger partial charge in [0.05, 0.1) is 65.7 Å². The fourth-order valence-electron chi connectivity index (χ4n) is 9.11. The van der Waals surface area contributed by atoms with E-state index < -0.39 is 11.9 Å². The number of hydrogen-bond acceptors (Lipinski definition) is 8. The zero-order chi connectivity index (χ0) is 49.6. The van der Waals surface area contributed by atoms with Gasteiger partial charge in [0.2, 0.25) is 0 Å². The Morgan fingerprint density at radius 3 is 0.779 bits per heavy atom. The lowest BCUT2D eigenvalue weighted by Crippen LogP contribution is -2.20. The Balaban J connectivity index is 1.76. The van der Waals surface area contributed by atoms with Gasteiger partial charge in [0.25, 0.3) is 0 Å². The molecule has 0 fully saturated rings. The van der Waals surface area contributed by atoms with Crippen LogP contribution >= 0.6 is 0 Å². The van der Waals surface area contributed by atoms with E-state index in [2.05, 4.69) is 132 Å². The number of fused-ring (bicyclic) bond motifs is 2. The van der Waals surface area contributed by atoms with Gasteiger partial charge in [-0.1, -0.05) is 132 Å². The molecule has 0 unspecified atom stereocenters. The molecule has 0 amide bonds. The molecule has 1 heterocycles. The van der Waals surface area contributed by atoms with Crippen molar-refractivity contribution in [3.8, 4) is 11.5 Å². The maximum Gasteiger partial charge on any atom is 0.307 e. The van der Waals surface area contributed by atoms with Crippen LogP contribution in [-0.2, 0) is 88.7 Å². The van der Waals surface area contributed by atoms with Crippen molar-refractivity contribution >= 4 is 11.9 Å². The molecule has 6 rings (SSSR count). The Labute approximate surface area is 406 Å². The minimum atomic E-state index is -0.906. The van der Waals surface area contributed by atoms with Gasteiger partial charge < -0.3 is 38.6 Å². The van der Waals surface area contributed by atoms with E-state index in [4.69, 9.17) is 28.4 Å². The molecule has 2 aliphatic rings. The van der Waals surface area contributed by atoms with E-state index in [1.807, 2.05) is 0 Å². The number of carbonyl (C=O) groups is 2. The minimum Gasteiger partial charge on any atom is -0.491 e. The smallest absolute Gasteiger partial charge is 0.307 e. The molecule has 4 aromatic carbocycles. The summed E-state index contributed by atoms with van der Waals surface area (Å²) in [5.41, 5.74) is 12.4. The van der Waals surface area contributed by atoms with Crippen molar-refractivity contribution in [2.45, 2.75) is 143 Å².